The van der Waals surface area contributed by atoms with E-state index in [2.05, 4.69) is 10.6 Å². The number of benzene rings is 1. The molecule has 0 saturated heterocycles. The summed E-state index contributed by atoms with van der Waals surface area (Å²) in [5, 5.41) is 5.42. The second kappa shape index (κ2) is 8.60. The maximum atomic E-state index is 13.8. The highest BCUT2D eigenvalue weighted by Crippen LogP contribution is 2.32. The lowest BCUT2D eigenvalue weighted by atomic mass is 10.1. The molecule has 1 amide bonds. The summed E-state index contributed by atoms with van der Waals surface area (Å²) >= 11 is 0. The second-order valence-corrected chi connectivity index (χ2v) is 4.14. The summed E-state index contributed by atoms with van der Waals surface area (Å²) in [7, 11) is 4.62. The zero-order valence-corrected chi connectivity index (χ0v) is 12.8. The molecule has 0 aliphatic rings. The van der Waals surface area contributed by atoms with Gasteiger partial charge in [-0.2, -0.15) is 0 Å². The largest absolute Gasteiger partial charge is 0.493 e. The quantitative estimate of drug-likeness (QED) is 0.844. The van der Waals surface area contributed by atoms with Gasteiger partial charge in [0.25, 0.3) is 0 Å². The molecule has 5 nitrogen and oxygen atoms in total. The Bertz CT molecular complexity index is 457. The molecule has 0 aliphatic heterocycles. The fourth-order valence-corrected chi connectivity index (χ4v) is 1.60. The first-order valence-corrected chi connectivity index (χ1v) is 5.90. The van der Waals surface area contributed by atoms with Crippen molar-refractivity contribution in [1.82, 2.24) is 5.32 Å². The van der Waals surface area contributed by atoms with Gasteiger partial charge in [-0.15, -0.1) is 12.4 Å². The highest BCUT2D eigenvalue weighted by atomic mass is 35.5. The molecule has 0 saturated carbocycles. The lowest BCUT2D eigenvalue weighted by molar-refractivity contribution is -0.119. The average Bonchev–Trinajstić information content (AvgIpc) is 2.40. The van der Waals surface area contributed by atoms with Gasteiger partial charge in [-0.25, -0.2) is 4.39 Å². The van der Waals surface area contributed by atoms with Gasteiger partial charge >= 0.3 is 0 Å². The maximum absolute atomic E-state index is 13.8. The number of carbonyl (C=O) groups is 1. The molecule has 1 aromatic rings. The molecule has 0 aromatic heterocycles. The first-order chi connectivity index (χ1) is 9.03. The molecule has 0 heterocycles. The minimum Gasteiger partial charge on any atom is -0.493 e. The van der Waals surface area contributed by atoms with Crippen LogP contribution in [0.2, 0.25) is 0 Å². The molecule has 1 aromatic carbocycles. The molecule has 1 unspecified atom stereocenters. The van der Waals surface area contributed by atoms with Crippen molar-refractivity contribution in [3.8, 4) is 11.5 Å². The number of ether oxygens (including phenoxy) is 2. The molecule has 0 spiro atoms. The first-order valence-electron chi connectivity index (χ1n) is 5.90. The number of carbonyl (C=O) groups excluding carboxylic acids is 1. The van der Waals surface area contributed by atoms with E-state index in [0.29, 0.717) is 12.3 Å². The van der Waals surface area contributed by atoms with Crippen LogP contribution in [0.4, 0.5) is 10.1 Å². The van der Waals surface area contributed by atoms with Crippen molar-refractivity contribution >= 4 is 24.0 Å². The van der Waals surface area contributed by atoms with Crippen LogP contribution in [-0.2, 0) is 4.79 Å². The van der Waals surface area contributed by atoms with Crippen LogP contribution in [0.5, 0.6) is 11.5 Å². The molecule has 0 aliphatic carbocycles. The van der Waals surface area contributed by atoms with Gasteiger partial charge in [-0.05, 0) is 7.05 Å². The first kappa shape index (κ1) is 18.5. The van der Waals surface area contributed by atoms with Crippen LogP contribution in [0.15, 0.2) is 12.1 Å². The number of amides is 1. The van der Waals surface area contributed by atoms with E-state index in [1.54, 1.807) is 14.0 Å². The van der Waals surface area contributed by atoms with Crippen LogP contribution in [0.3, 0.4) is 0 Å². The van der Waals surface area contributed by atoms with E-state index in [1.807, 2.05) is 0 Å². The van der Waals surface area contributed by atoms with Gasteiger partial charge in [0.05, 0.1) is 19.9 Å². The third kappa shape index (κ3) is 4.54. The van der Waals surface area contributed by atoms with Crippen molar-refractivity contribution in [2.45, 2.75) is 6.92 Å². The van der Waals surface area contributed by atoms with Crippen LogP contribution in [0.25, 0.3) is 0 Å². The van der Waals surface area contributed by atoms with Crippen molar-refractivity contribution in [2.24, 2.45) is 5.92 Å². The van der Waals surface area contributed by atoms with Crippen LogP contribution in [0.1, 0.15) is 6.92 Å². The van der Waals surface area contributed by atoms with E-state index in [4.69, 9.17) is 9.47 Å². The second-order valence-electron chi connectivity index (χ2n) is 4.14. The molecular formula is C13H20ClFN2O3. The molecule has 0 radical (unpaired) electrons. The third-order valence-electron chi connectivity index (χ3n) is 2.69. The fourth-order valence-electron chi connectivity index (χ4n) is 1.60. The van der Waals surface area contributed by atoms with Crippen molar-refractivity contribution < 1.29 is 18.7 Å². The van der Waals surface area contributed by atoms with Crippen molar-refractivity contribution in [1.29, 1.82) is 0 Å². The molecule has 114 valence electrons. The standard InChI is InChI=1S/C13H19FN2O3.ClH/c1-8(7-15-2)13(17)16-10-6-12(19-4)11(18-3)5-9(10)14;/h5-6,8,15H,7H2,1-4H3,(H,16,17);1H. The molecule has 1 rings (SSSR count). The number of anilines is 1. The number of nitrogens with one attached hydrogen (secondary N) is 2. The Morgan fingerprint density at radius 1 is 1.30 bits per heavy atom. The average molecular weight is 307 g/mol. The van der Waals surface area contributed by atoms with Crippen LogP contribution in [-0.4, -0.2) is 33.7 Å². The summed E-state index contributed by atoms with van der Waals surface area (Å²) < 4.78 is 23.8. The summed E-state index contributed by atoms with van der Waals surface area (Å²) in [4.78, 5) is 11.8. The van der Waals surface area contributed by atoms with Gasteiger partial charge in [-0.3, -0.25) is 4.79 Å². The molecule has 1 atom stereocenters. The summed E-state index contributed by atoms with van der Waals surface area (Å²) in [6, 6.07) is 2.58. The van der Waals surface area contributed by atoms with E-state index in [9.17, 15) is 9.18 Å². The minimum absolute atomic E-state index is 0. The lowest BCUT2D eigenvalue weighted by Crippen LogP contribution is -2.28. The monoisotopic (exact) mass is 306 g/mol. The Morgan fingerprint density at radius 2 is 1.85 bits per heavy atom. The molecule has 0 bridgehead atoms. The topological polar surface area (TPSA) is 59.6 Å². The fraction of sp³-hybridized carbons (Fsp3) is 0.462. The minimum atomic E-state index is -0.567. The van der Waals surface area contributed by atoms with Gasteiger partial charge < -0.3 is 20.1 Å². The predicted molar refractivity (Wildman–Crippen MR) is 78.5 cm³/mol. The SMILES string of the molecule is CNCC(C)C(=O)Nc1cc(OC)c(OC)cc1F.Cl. The van der Waals surface area contributed by atoms with Crippen molar-refractivity contribution in [2.75, 3.05) is 33.1 Å². The molecule has 2 N–H and O–H groups in total. The summed E-state index contributed by atoms with van der Waals surface area (Å²) in [6.07, 6.45) is 0. The van der Waals surface area contributed by atoms with Gasteiger partial charge in [0.1, 0.15) is 0 Å². The number of methoxy groups -OCH3 is 2. The van der Waals surface area contributed by atoms with Gasteiger partial charge in [0.2, 0.25) is 5.91 Å². The van der Waals surface area contributed by atoms with Crippen molar-refractivity contribution in [3.63, 3.8) is 0 Å². The molecule has 20 heavy (non-hydrogen) atoms. The number of halogens is 2. The van der Waals surface area contributed by atoms with Crippen LogP contribution < -0.4 is 20.1 Å². The van der Waals surface area contributed by atoms with E-state index in [1.165, 1.54) is 26.4 Å². The number of hydrogen-bond acceptors (Lipinski definition) is 4. The van der Waals surface area contributed by atoms with Gasteiger partial charge in [0, 0.05) is 24.6 Å². The van der Waals surface area contributed by atoms with E-state index < -0.39 is 5.82 Å². The Kier molecular flexibility index (Phi) is 7.94. The highest BCUT2D eigenvalue weighted by Gasteiger charge is 2.16. The summed E-state index contributed by atoms with van der Waals surface area (Å²) in [5.74, 6) is -0.456. The normalized spacial score (nSPS) is 11.2. The summed E-state index contributed by atoms with van der Waals surface area (Å²) in [5.41, 5.74) is 0.0746. The van der Waals surface area contributed by atoms with Crippen molar-refractivity contribution in [3.05, 3.63) is 17.9 Å². The number of hydrogen-bond donors (Lipinski definition) is 2. The Morgan fingerprint density at radius 3 is 2.35 bits per heavy atom. The molecule has 7 heteroatoms. The van der Waals surface area contributed by atoms with Gasteiger partial charge in [0.15, 0.2) is 17.3 Å². The number of rotatable bonds is 6. The molecule has 0 fully saturated rings. The van der Waals surface area contributed by atoms with Crippen LogP contribution in [0, 0.1) is 11.7 Å². The zero-order valence-electron chi connectivity index (χ0n) is 12.0. The Labute approximate surface area is 124 Å². The highest BCUT2D eigenvalue weighted by molar-refractivity contribution is 5.93. The lowest BCUT2D eigenvalue weighted by Gasteiger charge is -2.14. The Hall–Kier alpha value is -1.53. The van der Waals surface area contributed by atoms with Gasteiger partial charge in [-0.1, -0.05) is 6.92 Å². The maximum Gasteiger partial charge on any atom is 0.228 e. The van der Waals surface area contributed by atoms with Crippen LogP contribution >= 0.6 is 12.4 Å². The van der Waals surface area contributed by atoms with E-state index in [-0.39, 0.29) is 35.7 Å². The zero-order chi connectivity index (χ0) is 14.4. The third-order valence-corrected chi connectivity index (χ3v) is 2.69. The molecular weight excluding hydrogens is 287 g/mol. The van der Waals surface area contributed by atoms with E-state index >= 15 is 0 Å². The predicted octanol–water partition coefficient (Wildman–Crippen LogP) is 2.06. The summed E-state index contributed by atoms with van der Waals surface area (Å²) in [6.45, 7) is 2.27. The Balaban J connectivity index is 0.00000361. The smallest absolute Gasteiger partial charge is 0.228 e. The van der Waals surface area contributed by atoms with E-state index in [0.717, 1.165) is 0 Å².